The molecule has 6 heteroatoms. The molecule has 1 aromatic heterocycles. The minimum atomic E-state index is 0.358. The molecule has 16 heavy (non-hydrogen) atoms. The lowest BCUT2D eigenvalue weighted by molar-refractivity contribution is 0.111. The van der Waals surface area contributed by atoms with Gasteiger partial charge in [0.25, 0.3) is 0 Å². The molecule has 0 atom stereocenters. The van der Waals surface area contributed by atoms with E-state index in [-0.39, 0.29) is 0 Å². The molecule has 2 aromatic rings. The van der Waals surface area contributed by atoms with Crippen molar-refractivity contribution in [2.75, 3.05) is 0 Å². The molecule has 2 rings (SSSR count). The van der Waals surface area contributed by atoms with Crippen LogP contribution in [0.15, 0.2) is 18.3 Å². The van der Waals surface area contributed by atoms with Crippen molar-refractivity contribution in [3.63, 3.8) is 0 Å². The Kier molecular flexibility index (Phi) is 3.19. The second-order valence-electron chi connectivity index (χ2n) is 3.05. The fraction of sp³-hybridized carbons (Fsp3) is 0. The van der Waals surface area contributed by atoms with Gasteiger partial charge in [-0.1, -0.05) is 34.8 Å². The predicted molar refractivity (Wildman–Crippen MR) is 64.4 cm³/mol. The molecule has 82 valence electrons. The van der Waals surface area contributed by atoms with Crippen LogP contribution in [0.5, 0.6) is 0 Å². The Balaban J connectivity index is 2.59. The molecule has 0 aliphatic carbocycles. The van der Waals surface area contributed by atoms with Gasteiger partial charge in [0.05, 0.1) is 27.5 Å². The number of imidazole rings is 1. The summed E-state index contributed by atoms with van der Waals surface area (Å²) in [5, 5.41) is 1.20. The molecule has 0 unspecified atom stereocenters. The first kappa shape index (κ1) is 11.5. The number of hydrogen-bond donors (Lipinski definition) is 1. The molecular formula is C10H5Cl3N2O. The van der Waals surface area contributed by atoms with Gasteiger partial charge in [-0.05, 0) is 12.1 Å². The third-order valence-electron chi connectivity index (χ3n) is 1.97. The van der Waals surface area contributed by atoms with E-state index in [0.29, 0.717) is 38.4 Å². The monoisotopic (exact) mass is 274 g/mol. The van der Waals surface area contributed by atoms with Gasteiger partial charge in [0, 0.05) is 5.02 Å². The Morgan fingerprint density at radius 1 is 1.19 bits per heavy atom. The molecule has 0 radical (unpaired) electrons. The molecule has 1 aromatic carbocycles. The van der Waals surface area contributed by atoms with Crippen LogP contribution in [-0.4, -0.2) is 16.3 Å². The number of H-pyrrole nitrogens is 1. The minimum absolute atomic E-state index is 0.358. The summed E-state index contributed by atoms with van der Waals surface area (Å²) in [6.07, 6.45) is 2.07. The average molecular weight is 276 g/mol. The number of benzene rings is 1. The third kappa shape index (κ3) is 2.07. The van der Waals surface area contributed by atoms with Crippen LogP contribution in [0.3, 0.4) is 0 Å². The van der Waals surface area contributed by atoms with Crippen LogP contribution in [0.1, 0.15) is 10.5 Å². The first-order valence-electron chi connectivity index (χ1n) is 4.27. The topological polar surface area (TPSA) is 45.8 Å². The molecule has 0 saturated heterocycles. The van der Waals surface area contributed by atoms with Crippen molar-refractivity contribution in [1.29, 1.82) is 0 Å². The summed E-state index contributed by atoms with van der Waals surface area (Å²) in [4.78, 5) is 17.3. The zero-order valence-corrected chi connectivity index (χ0v) is 10.1. The van der Waals surface area contributed by atoms with E-state index in [1.54, 1.807) is 12.1 Å². The van der Waals surface area contributed by atoms with Crippen molar-refractivity contribution < 1.29 is 4.79 Å². The molecule has 0 fully saturated rings. The van der Waals surface area contributed by atoms with Gasteiger partial charge in [0.15, 0.2) is 6.29 Å². The second kappa shape index (κ2) is 4.45. The minimum Gasteiger partial charge on any atom is -0.336 e. The van der Waals surface area contributed by atoms with Crippen LogP contribution in [0, 0.1) is 0 Å². The van der Waals surface area contributed by atoms with Crippen LogP contribution in [0.4, 0.5) is 0 Å². The number of hydrogen-bond acceptors (Lipinski definition) is 2. The van der Waals surface area contributed by atoms with Gasteiger partial charge in [0.2, 0.25) is 0 Å². The summed E-state index contributed by atoms with van der Waals surface area (Å²) < 4.78 is 0. The summed E-state index contributed by atoms with van der Waals surface area (Å²) >= 11 is 17.8. The highest BCUT2D eigenvalue weighted by Crippen LogP contribution is 2.35. The Morgan fingerprint density at radius 2 is 1.81 bits per heavy atom. The van der Waals surface area contributed by atoms with E-state index in [0.717, 1.165) is 0 Å². The van der Waals surface area contributed by atoms with E-state index in [9.17, 15) is 4.79 Å². The quantitative estimate of drug-likeness (QED) is 0.846. The SMILES string of the molecule is O=Cc1cnc(-c2c(Cl)cc(Cl)cc2Cl)[nH]1. The normalized spacial score (nSPS) is 10.4. The van der Waals surface area contributed by atoms with Crippen LogP contribution < -0.4 is 0 Å². The Morgan fingerprint density at radius 3 is 2.31 bits per heavy atom. The van der Waals surface area contributed by atoms with E-state index in [1.165, 1.54) is 6.20 Å². The fourth-order valence-corrected chi connectivity index (χ4v) is 2.29. The number of carbonyl (C=O) groups is 1. The first-order chi connectivity index (χ1) is 7.61. The van der Waals surface area contributed by atoms with E-state index in [4.69, 9.17) is 34.8 Å². The van der Waals surface area contributed by atoms with E-state index in [2.05, 4.69) is 9.97 Å². The fourth-order valence-electron chi connectivity index (χ4n) is 1.29. The molecule has 0 spiro atoms. The number of aldehydes is 1. The van der Waals surface area contributed by atoms with Gasteiger partial charge in [-0.3, -0.25) is 4.79 Å². The smallest absolute Gasteiger partial charge is 0.167 e. The van der Waals surface area contributed by atoms with Crippen molar-refractivity contribution in [1.82, 2.24) is 9.97 Å². The third-order valence-corrected chi connectivity index (χ3v) is 2.78. The maximum Gasteiger partial charge on any atom is 0.167 e. The highest BCUT2D eigenvalue weighted by atomic mass is 35.5. The molecule has 0 aliphatic heterocycles. The van der Waals surface area contributed by atoms with Crippen molar-refractivity contribution in [3.05, 3.63) is 39.1 Å². The molecule has 1 heterocycles. The number of aromatic nitrogens is 2. The van der Waals surface area contributed by atoms with Gasteiger partial charge < -0.3 is 4.98 Å². The number of carbonyl (C=O) groups excluding carboxylic acids is 1. The highest BCUT2D eigenvalue weighted by Gasteiger charge is 2.13. The summed E-state index contributed by atoms with van der Waals surface area (Å²) in [6, 6.07) is 3.13. The lowest BCUT2D eigenvalue weighted by Gasteiger charge is -2.04. The van der Waals surface area contributed by atoms with Gasteiger partial charge in [-0.15, -0.1) is 0 Å². The number of aromatic amines is 1. The summed E-state index contributed by atoms with van der Waals surface area (Å²) in [6.45, 7) is 0. The first-order valence-corrected chi connectivity index (χ1v) is 5.40. The zero-order valence-electron chi connectivity index (χ0n) is 7.80. The summed E-state index contributed by atoms with van der Waals surface area (Å²) in [7, 11) is 0. The van der Waals surface area contributed by atoms with Crippen molar-refractivity contribution in [2.45, 2.75) is 0 Å². The van der Waals surface area contributed by atoms with Crippen LogP contribution in [-0.2, 0) is 0 Å². The lowest BCUT2D eigenvalue weighted by Crippen LogP contribution is -1.85. The number of nitrogens with one attached hydrogen (secondary N) is 1. The van der Waals surface area contributed by atoms with Crippen molar-refractivity contribution >= 4 is 41.1 Å². The molecule has 0 aliphatic rings. The van der Waals surface area contributed by atoms with E-state index >= 15 is 0 Å². The predicted octanol–water partition coefficient (Wildman–Crippen LogP) is 3.85. The van der Waals surface area contributed by atoms with Crippen LogP contribution in [0.25, 0.3) is 11.4 Å². The second-order valence-corrected chi connectivity index (χ2v) is 4.30. The Bertz CT molecular complexity index is 528. The molecule has 1 N–H and O–H groups in total. The molecule has 0 saturated carbocycles. The van der Waals surface area contributed by atoms with Crippen LogP contribution in [0.2, 0.25) is 15.1 Å². The molecular weight excluding hydrogens is 270 g/mol. The molecule has 3 nitrogen and oxygen atoms in total. The lowest BCUT2D eigenvalue weighted by atomic mass is 10.2. The van der Waals surface area contributed by atoms with Crippen molar-refractivity contribution in [3.8, 4) is 11.4 Å². The maximum absolute atomic E-state index is 10.5. The zero-order chi connectivity index (χ0) is 11.7. The standard InChI is InChI=1S/C10H5Cl3N2O/c11-5-1-7(12)9(8(13)2-5)10-14-3-6(4-16)15-10/h1-4H,(H,14,15). The van der Waals surface area contributed by atoms with Gasteiger partial charge >= 0.3 is 0 Å². The number of halogens is 3. The highest BCUT2D eigenvalue weighted by molar-refractivity contribution is 6.41. The summed E-state index contributed by atoms with van der Waals surface area (Å²) in [5.74, 6) is 0.439. The number of nitrogens with zero attached hydrogens (tertiary/aromatic N) is 1. The van der Waals surface area contributed by atoms with Crippen LogP contribution >= 0.6 is 34.8 Å². The number of rotatable bonds is 2. The van der Waals surface area contributed by atoms with Crippen molar-refractivity contribution in [2.24, 2.45) is 0 Å². The maximum atomic E-state index is 10.5. The Hall–Kier alpha value is -1.03. The van der Waals surface area contributed by atoms with Gasteiger partial charge in [-0.25, -0.2) is 4.98 Å². The molecule has 0 amide bonds. The Labute approximate surface area is 106 Å². The van der Waals surface area contributed by atoms with Gasteiger partial charge in [-0.2, -0.15) is 0 Å². The molecule has 0 bridgehead atoms. The largest absolute Gasteiger partial charge is 0.336 e. The summed E-state index contributed by atoms with van der Waals surface area (Å²) in [5.41, 5.74) is 0.887. The van der Waals surface area contributed by atoms with E-state index < -0.39 is 0 Å². The average Bonchev–Trinajstić information content (AvgIpc) is 2.64. The van der Waals surface area contributed by atoms with Gasteiger partial charge in [0.1, 0.15) is 5.82 Å². The van der Waals surface area contributed by atoms with E-state index in [1.807, 2.05) is 0 Å².